The van der Waals surface area contributed by atoms with E-state index in [9.17, 15) is 26.3 Å². The fraction of sp³-hybridized carbons (Fsp3) is 0.333. The van der Waals surface area contributed by atoms with Crippen molar-refractivity contribution < 1.29 is 31.1 Å². The standard InChI is InChI=1S/C36H36F6O/c1-2-3-4-5-6-7-8-9-10-11-18-43-36-28(25-13-16-31(38)34(41)22-25)19-27(24-12-15-30(37)33(40)21-24)20-29(36)26-14-17-32(39)35(42)23-26/h12-17,19-23H,2-11,18H2,1H3. The van der Waals surface area contributed by atoms with Gasteiger partial charge in [-0.1, -0.05) is 82.9 Å². The molecule has 0 unspecified atom stereocenters. The molecule has 7 heteroatoms. The lowest BCUT2D eigenvalue weighted by atomic mass is 9.91. The number of ether oxygens (including phenoxy) is 1. The Hall–Kier alpha value is -3.74. The topological polar surface area (TPSA) is 9.23 Å². The van der Waals surface area contributed by atoms with Crippen LogP contribution in [0.15, 0.2) is 66.7 Å². The summed E-state index contributed by atoms with van der Waals surface area (Å²) in [6.07, 6.45) is 11.3. The van der Waals surface area contributed by atoms with Crippen LogP contribution < -0.4 is 4.74 Å². The average Bonchev–Trinajstić information content (AvgIpc) is 3.00. The number of halogens is 6. The van der Waals surface area contributed by atoms with Crippen molar-refractivity contribution >= 4 is 0 Å². The molecule has 0 saturated carbocycles. The summed E-state index contributed by atoms with van der Waals surface area (Å²) in [6, 6.07) is 13.3. The normalized spacial score (nSPS) is 11.2. The fourth-order valence-electron chi connectivity index (χ4n) is 5.15. The Morgan fingerprint density at radius 2 is 0.814 bits per heavy atom. The van der Waals surface area contributed by atoms with Crippen molar-refractivity contribution in [3.05, 3.63) is 102 Å². The van der Waals surface area contributed by atoms with Crippen LogP contribution in [0.25, 0.3) is 33.4 Å². The molecule has 1 nitrogen and oxygen atoms in total. The van der Waals surface area contributed by atoms with Gasteiger partial charge in [-0.25, -0.2) is 26.3 Å². The summed E-state index contributed by atoms with van der Waals surface area (Å²) in [5, 5.41) is 0. The van der Waals surface area contributed by atoms with Crippen LogP contribution in [0, 0.1) is 34.9 Å². The van der Waals surface area contributed by atoms with Crippen LogP contribution in [0.5, 0.6) is 5.75 Å². The highest BCUT2D eigenvalue weighted by Crippen LogP contribution is 2.43. The summed E-state index contributed by atoms with van der Waals surface area (Å²) >= 11 is 0. The summed E-state index contributed by atoms with van der Waals surface area (Å²) in [5.41, 5.74) is 1.91. The van der Waals surface area contributed by atoms with Gasteiger partial charge in [-0.15, -0.1) is 0 Å². The van der Waals surface area contributed by atoms with Gasteiger partial charge >= 0.3 is 0 Å². The number of hydrogen-bond acceptors (Lipinski definition) is 1. The Labute approximate surface area is 249 Å². The highest BCUT2D eigenvalue weighted by Gasteiger charge is 2.20. The largest absolute Gasteiger partial charge is 0.492 e. The summed E-state index contributed by atoms with van der Waals surface area (Å²) in [7, 11) is 0. The van der Waals surface area contributed by atoms with Crippen LogP contribution >= 0.6 is 0 Å². The van der Waals surface area contributed by atoms with E-state index in [0.717, 1.165) is 62.1 Å². The molecule has 0 saturated heterocycles. The summed E-state index contributed by atoms with van der Waals surface area (Å²) in [4.78, 5) is 0. The van der Waals surface area contributed by atoms with Crippen molar-refractivity contribution in [2.45, 2.75) is 71.1 Å². The molecular weight excluding hydrogens is 562 g/mol. The first kappa shape index (κ1) is 32.2. The first-order valence-electron chi connectivity index (χ1n) is 15.0. The van der Waals surface area contributed by atoms with E-state index in [1.807, 2.05) is 0 Å². The summed E-state index contributed by atoms with van der Waals surface area (Å²) in [6.45, 7) is 2.50. The van der Waals surface area contributed by atoms with Crippen LogP contribution in [0.4, 0.5) is 26.3 Å². The molecule has 0 aliphatic heterocycles. The van der Waals surface area contributed by atoms with Gasteiger partial charge in [0.05, 0.1) is 6.61 Å². The molecule has 0 aromatic heterocycles. The molecule has 0 atom stereocenters. The Bertz CT molecular complexity index is 1440. The number of rotatable bonds is 15. The van der Waals surface area contributed by atoms with E-state index in [-0.39, 0.29) is 16.9 Å². The monoisotopic (exact) mass is 598 g/mol. The van der Waals surface area contributed by atoms with Crippen LogP contribution in [0.1, 0.15) is 71.1 Å². The molecule has 228 valence electrons. The first-order chi connectivity index (χ1) is 20.8. The zero-order valence-corrected chi connectivity index (χ0v) is 24.3. The predicted octanol–water partition coefficient (Wildman–Crippen LogP) is 11.8. The van der Waals surface area contributed by atoms with Crippen molar-refractivity contribution in [1.82, 2.24) is 0 Å². The molecule has 0 heterocycles. The van der Waals surface area contributed by atoms with E-state index in [4.69, 9.17) is 4.74 Å². The van der Waals surface area contributed by atoms with Crippen LogP contribution in [-0.2, 0) is 0 Å². The van der Waals surface area contributed by atoms with E-state index in [2.05, 4.69) is 6.92 Å². The molecule has 0 N–H and O–H groups in total. The third kappa shape index (κ3) is 8.65. The second-order valence-corrected chi connectivity index (χ2v) is 10.8. The second kappa shape index (κ2) is 15.6. The number of hydrogen-bond donors (Lipinski definition) is 0. The lowest BCUT2D eigenvalue weighted by Gasteiger charge is -2.19. The SMILES string of the molecule is CCCCCCCCCCCCOc1c(-c2ccc(F)c(F)c2)cc(-c2ccc(F)c(F)c2)cc1-c1ccc(F)c(F)c1. The Morgan fingerprint density at radius 1 is 0.419 bits per heavy atom. The predicted molar refractivity (Wildman–Crippen MR) is 160 cm³/mol. The average molecular weight is 599 g/mol. The van der Waals surface area contributed by atoms with Crippen LogP contribution in [-0.4, -0.2) is 6.61 Å². The van der Waals surface area contributed by atoms with Crippen molar-refractivity contribution in [3.63, 3.8) is 0 Å². The van der Waals surface area contributed by atoms with Gasteiger partial charge in [0, 0.05) is 11.1 Å². The van der Waals surface area contributed by atoms with Gasteiger partial charge in [0.15, 0.2) is 34.9 Å². The van der Waals surface area contributed by atoms with Gasteiger partial charge in [-0.05, 0) is 77.2 Å². The minimum absolute atomic E-state index is 0.263. The van der Waals surface area contributed by atoms with Crippen LogP contribution in [0.2, 0.25) is 0 Å². The van der Waals surface area contributed by atoms with E-state index in [1.165, 1.54) is 56.7 Å². The van der Waals surface area contributed by atoms with Crippen molar-refractivity contribution in [3.8, 4) is 39.1 Å². The van der Waals surface area contributed by atoms with Gasteiger partial charge in [-0.3, -0.25) is 0 Å². The molecule has 4 aromatic rings. The quantitative estimate of drug-likeness (QED) is 0.0977. The number of unbranched alkanes of at least 4 members (excludes halogenated alkanes) is 9. The van der Waals surface area contributed by atoms with Gasteiger partial charge in [-0.2, -0.15) is 0 Å². The maximum atomic E-state index is 14.4. The van der Waals surface area contributed by atoms with E-state index in [1.54, 1.807) is 12.1 Å². The Balaban J connectivity index is 1.66. The molecule has 0 fully saturated rings. The van der Waals surface area contributed by atoms with Gasteiger partial charge in [0.25, 0.3) is 0 Å². The lowest BCUT2D eigenvalue weighted by molar-refractivity contribution is 0.306. The van der Waals surface area contributed by atoms with Gasteiger partial charge < -0.3 is 4.74 Å². The molecule has 4 aromatic carbocycles. The smallest absolute Gasteiger partial charge is 0.159 e. The zero-order valence-electron chi connectivity index (χ0n) is 24.3. The first-order valence-corrected chi connectivity index (χ1v) is 15.0. The van der Waals surface area contributed by atoms with Crippen LogP contribution in [0.3, 0.4) is 0 Å². The van der Waals surface area contributed by atoms with E-state index >= 15 is 0 Å². The van der Waals surface area contributed by atoms with Crippen molar-refractivity contribution in [1.29, 1.82) is 0 Å². The number of benzene rings is 4. The maximum absolute atomic E-state index is 14.4. The highest BCUT2D eigenvalue weighted by molar-refractivity contribution is 5.88. The minimum atomic E-state index is -1.08. The molecule has 0 spiro atoms. The molecule has 4 rings (SSSR count). The Kier molecular flexibility index (Phi) is 11.7. The highest BCUT2D eigenvalue weighted by atomic mass is 19.2. The van der Waals surface area contributed by atoms with E-state index < -0.39 is 34.9 Å². The molecule has 0 radical (unpaired) electrons. The van der Waals surface area contributed by atoms with Gasteiger partial charge in [0.1, 0.15) is 5.75 Å². The second-order valence-electron chi connectivity index (χ2n) is 10.8. The maximum Gasteiger partial charge on any atom is 0.159 e. The summed E-state index contributed by atoms with van der Waals surface area (Å²) < 4.78 is 90.6. The molecule has 43 heavy (non-hydrogen) atoms. The Morgan fingerprint density at radius 3 is 1.26 bits per heavy atom. The summed E-state index contributed by atoms with van der Waals surface area (Å²) in [5.74, 6) is -6.05. The minimum Gasteiger partial charge on any atom is -0.492 e. The van der Waals surface area contributed by atoms with Gasteiger partial charge in [0.2, 0.25) is 0 Å². The third-order valence-corrected chi connectivity index (χ3v) is 7.55. The lowest BCUT2D eigenvalue weighted by Crippen LogP contribution is -2.02. The molecule has 0 aliphatic rings. The molecule has 0 bridgehead atoms. The fourth-order valence-corrected chi connectivity index (χ4v) is 5.15. The zero-order chi connectivity index (χ0) is 30.8. The molecule has 0 amide bonds. The third-order valence-electron chi connectivity index (χ3n) is 7.55. The van der Waals surface area contributed by atoms with E-state index in [0.29, 0.717) is 28.9 Å². The van der Waals surface area contributed by atoms with Crippen molar-refractivity contribution in [2.24, 2.45) is 0 Å². The van der Waals surface area contributed by atoms with Crippen molar-refractivity contribution in [2.75, 3.05) is 6.61 Å². The molecular formula is C36H36F6O. The molecule has 0 aliphatic carbocycles.